The minimum atomic E-state index is -3.68. The normalized spacial score (nSPS) is 14.3. The van der Waals surface area contributed by atoms with Crippen LogP contribution in [0.25, 0.3) is 11.3 Å². The summed E-state index contributed by atoms with van der Waals surface area (Å²) in [5.41, 5.74) is 2.41. The average Bonchev–Trinajstić information content (AvgIpc) is 2.92. The van der Waals surface area contributed by atoms with E-state index in [0.29, 0.717) is 5.69 Å². The van der Waals surface area contributed by atoms with E-state index in [1.165, 1.54) is 6.92 Å². The SMILES string of the molecule is Cc1c(-c2ccccc2)nnn1CC[C@](C)(C(=O)CO)S(C)(=O)=O. The van der Waals surface area contributed by atoms with Crippen LogP contribution in [0.4, 0.5) is 0 Å². The van der Waals surface area contributed by atoms with Gasteiger partial charge >= 0.3 is 0 Å². The molecule has 0 spiro atoms. The molecule has 0 amide bonds. The highest BCUT2D eigenvalue weighted by molar-refractivity contribution is 7.92. The quantitative estimate of drug-likeness (QED) is 0.799. The number of hydrogen-bond acceptors (Lipinski definition) is 6. The van der Waals surface area contributed by atoms with Crippen molar-refractivity contribution in [1.29, 1.82) is 0 Å². The molecule has 24 heavy (non-hydrogen) atoms. The Bertz CT molecular complexity index is 830. The van der Waals surface area contributed by atoms with Gasteiger partial charge in [0.1, 0.15) is 17.0 Å². The molecule has 1 aromatic carbocycles. The number of carbonyl (C=O) groups excluding carboxylic acids is 1. The Morgan fingerprint density at radius 2 is 1.92 bits per heavy atom. The summed E-state index contributed by atoms with van der Waals surface area (Å²) in [5.74, 6) is -0.717. The van der Waals surface area contributed by atoms with Crippen LogP contribution in [0.1, 0.15) is 19.0 Å². The average molecular weight is 351 g/mol. The predicted octanol–water partition coefficient (Wildman–Crippen LogP) is 1.01. The van der Waals surface area contributed by atoms with Crippen LogP contribution in [0.2, 0.25) is 0 Å². The van der Waals surface area contributed by atoms with Crippen LogP contribution in [0.5, 0.6) is 0 Å². The number of ketones is 1. The maximum absolute atomic E-state index is 12.0. The van der Waals surface area contributed by atoms with Gasteiger partial charge in [0.05, 0.1) is 5.69 Å². The van der Waals surface area contributed by atoms with Crippen molar-refractivity contribution >= 4 is 15.6 Å². The first-order valence-corrected chi connectivity index (χ1v) is 9.39. The van der Waals surface area contributed by atoms with Crippen LogP contribution < -0.4 is 0 Å². The number of Topliss-reactive ketones (excluding diaryl/α,β-unsaturated/α-hetero) is 1. The highest BCUT2D eigenvalue weighted by atomic mass is 32.2. The molecule has 2 rings (SSSR count). The summed E-state index contributed by atoms with van der Waals surface area (Å²) in [6, 6.07) is 9.53. The Morgan fingerprint density at radius 1 is 1.29 bits per heavy atom. The van der Waals surface area contributed by atoms with E-state index < -0.39 is 27.0 Å². The molecule has 0 bridgehead atoms. The molecule has 0 aliphatic carbocycles. The van der Waals surface area contributed by atoms with Crippen molar-refractivity contribution in [3.05, 3.63) is 36.0 Å². The van der Waals surface area contributed by atoms with Gasteiger partial charge in [0.25, 0.3) is 0 Å². The molecule has 7 nitrogen and oxygen atoms in total. The third-order valence-corrected chi connectivity index (χ3v) is 6.45. The largest absolute Gasteiger partial charge is 0.389 e. The van der Waals surface area contributed by atoms with Gasteiger partial charge < -0.3 is 5.11 Å². The van der Waals surface area contributed by atoms with Crippen LogP contribution in [0, 0.1) is 6.92 Å². The summed E-state index contributed by atoms with van der Waals surface area (Å²) in [5, 5.41) is 17.3. The molecule has 0 fully saturated rings. The van der Waals surface area contributed by atoms with E-state index in [2.05, 4.69) is 10.3 Å². The molecule has 0 aliphatic heterocycles. The standard InChI is InChI=1S/C16H21N3O4S/c1-12-15(13-7-5-4-6-8-13)17-18-19(12)10-9-16(2,14(21)11-20)24(3,22)23/h4-8,20H,9-11H2,1-3H3/t16-/m1/s1. The lowest BCUT2D eigenvalue weighted by Gasteiger charge is -2.25. The molecule has 130 valence electrons. The Labute approximate surface area is 141 Å². The van der Waals surface area contributed by atoms with Gasteiger partial charge in [0, 0.05) is 18.4 Å². The fraction of sp³-hybridized carbons (Fsp3) is 0.438. The zero-order chi connectivity index (χ0) is 18.0. The molecular formula is C16H21N3O4S. The number of rotatable bonds is 7. The maximum Gasteiger partial charge on any atom is 0.179 e. The Balaban J connectivity index is 2.26. The summed E-state index contributed by atoms with van der Waals surface area (Å²) in [6.07, 6.45) is 1.02. The molecule has 2 aromatic rings. The number of aromatic nitrogens is 3. The predicted molar refractivity (Wildman–Crippen MR) is 90.2 cm³/mol. The van der Waals surface area contributed by atoms with Crippen LogP contribution in [0.3, 0.4) is 0 Å². The minimum Gasteiger partial charge on any atom is -0.389 e. The second-order valence-electron chi connectivity index (χ2n) is 5.95. The second-order valence-corrected chi connectivity index (χ2v) is 8.39. The topological polar surface area (TPSA) is 102 Å². The smallest absolute Gasteiger partial charge is 0.179 e. The molecule has 1 aromatic heterocycles. The number of hydrogen-bond donors (Lipinski definition) is 1. The molecule has 0 saturated heterocycles. The molecular weight excluding hydrogens is 330 g/mol. The van der Waals surface area contributed by atoms with E-state index in [9.17, 15) is 13.2 Å². The highest BCUT2D eigenvalue weighted by Gasteiger charge is 2.42. The van der Waals surface area contributed by atoms with Gasteiger partial charge in [-0.3, -0.25) is 4.79 Å². The molecule has 0 saturated carbocycles. The van der Waals surface area contributed by atoms with Crippen LogP contribution in [-0.2, 0) is 21.2 Å². The zero-order valence-corrected chi connectivity index (χ0v) is 14.7. The van der Waals surface area contributed by atoms with Crippen molar-refractivity contribution in [2.24, 2.45) is 0 Å². The Kier molecular flexibility index (Phi) is 5.19. The van der Waals surface area contributed by atoms with Crippen molar-refractivity contribution in [3.8, 4) is 11.3 Å². The summed E-state index contributed by atoms with van der Waals surface area (Å²) < 4.78 is 24.0. The van der Waals surface area contributed by atoms with Gasteiger partial charge in [0.2, 0.25) is 0 Å². The molecule has 0 unspecified atom stereocenters. The van der Waals surface area contributed by atoms with Crippen molar-refractivity contribution in [2.45, 2.75) is 31.6 Å². The number of sulfone groups is 1. The van der Waals surface area contributed by atoms with Crippen LogP contribution >= 0.6 is 0 Å². The van der Waals surface area contributed by atoms with E-state index in [1.54, 1.807) is 4.68 Å². The molecule has 1 N–H and O–H groups in total. The van der Waals surface area contributed by atoms with Gasteiger partial charge in [-0.1, -0.05) is 35.5 Å². The van der Waals surface area contributed by atoms with Crippen LogP contribution in [-0.4, -0.2) is 51.9 Å². The fourth-order valence-electron chi connectivity index (χ4n) is 2.45. The lowest BCUT2D eigenvalue weighted by Crippen LogP contribution is -2.45. The van der Waals surface area contributed by atoms with Crippen molar-refractivity contribution in [3.63, 3.8) is 0 Å². The molecule has 0 aliphatic rings. The number of aliphatic hydroxyl groups is 1. The lowest BCUT2D eigenvalue weighted by molar-refractivity contribution is -0.124. The van der Waals surface area contributed by atoms with Crippen molar-refractivity contribution < 1.29 is 18.3 Å². The van der Waals surface area contributed by atoms with Gasteiger partial charge in [-0.15, -0.1) is 5.10 Å². The third kappa shape index (κ3) is 3.39. The van der Waals surface area contributed by atoms with Gasteiger partial charge in [-0.05, 0) is 20.3 Å². The van der Waals surface area contributed by atoms with Gasteiger partial charge in [0.15, 0.2) is 15.6 Å². The molecule has 8 heteroatoms. The fourth-order valence-corrected chi connectivity index (χ4v) is 3.39. The molecule has 1 heterocycles. The summed E-state index contributed by atoms with van der Waals surface area (Å²) in [7, 11) is -3.68. The van der Waals surface area contributed by atoms with Crippen molar-refractivity contribution in [2.75, 3.05) is 12.9 Å². The molecule has 1 atom stereocenters. The van der Waals surface area contributed by atoms with E-state index >= 15 is 0 Å². The van der Waals surface area contributed by atoms with Gasteiger partial charge in [-0.2, -0.15) is 0 Å². The Hall–Kier alpha value is -2.06. The monoisotopic (exact) mass is 351 g/mol. The van der Waals surface area contributed by atoms with E-state index in [-0.39, 0.29) is 13.0 Å². The first kappa shape index (κ1) is 18.3. The first-order valence-electron chi connectivity index (χ1n) is 7.50. The molecule has 0 radical (unpaired) electrons. The van der Waals surface area contributed by atoms with Gasteiger partial charge in [-0.25, -0.2) is 13.1 Å². The van der Waals surface area contributed by atoms with E-state index in [1.807, 2.05) is 37.3 Å². The highest BCUT2D eigenvalue weighted by Crippen LogP contribution is 2.25. The Morgan fingerprint density at radius 3 is 2.46 bits per heavy atom. The summed E-state index contributed by atoms with van der Waals surface area (Å²) in [4.78, 5) is 11.9. The lowest BCUT2D eigenvalue weighted by atomic mass is 10.0. The van der Waals surface area contributed by atoms with Crippen molar-refractivity contribution in [1.82, 2.24) is 15.0 Å². The second kappa shape index (κ2) is 6.82. The number of benzene rings is 1. The van der Waals surface area contributed by atoms with Crippen LogP contribution in [0.15, 0.2) is 30.3 Å². The minimum absolute atomic E-state index is 0.0175. The first-order chi connectivity index (χ1) is 11.2. The number of carbonyl (C=O) groups is 1. The third-order valence-electron chi connectivity index (χ3n) is 4.38. The number of aryl methyl sites for hydroxylation is 1. The number of aliphatic hydroxyl groups excluding tert-OH is 1. The van der Waals surface area contributed by atoms with E-state index in [0.717, 1.165) is 17.5 Å². The van der Waals surface area contributed by atoms with E-state index in [4.69, 9.17) is 5.11 Å². The number of nitrogens with zero attached hydrogens (tertiary/aromatic N) is 3. The summed E-state index contributed by atoms with van der Waals surface area (Å²) in [6.45, 7) is 2.58. The maximum atomic E-state index is 12.0. The zero-order valence-electron chi connectivity index (χ0n) is 13.9. The summed E-state index contributed by atoms with van der Waals surface area (Å²) >= 11 is 0.